The van der Waals surface area contributed by atoms with Crippen molar-refractivity contribution in [3.05, 3.63) is 47.6 Å². The number of benzene rings is 2. The van der Waals surface area contributed by atoms with Gasteiger partial charge in [0.1, 0.15) is 23.7 Å². The molecule has 2 aliphatic heterocycles. The van der Waals surface area contributed by atoms with Gasteiger partial charge in [0.25, 0.3) is 0 Å². The first-order valence-corrected chi connectivity index (χ1v) is 16.7. The highest BCUT2D eigenvalue weighted by atomic mass is 35.5. The van der Waals surface area contributed by atoms with E-state index in [0.717, 1.165) is 29.8 Å². The van der Waals surface area contributed by atoms with E-state index in [0.29, 0.717) is 40.0 Å². The minimum absolute atomic E-state index is 0.355. The van der Waals surface area contributed by atoms with Crippen molar-refractivity contribution in [3.63, 3.8) is 0 Å². The fourth-order valence-electron chi connectivity index (χ4n) is 5.46. The average molecular weight is 585 g/mol. The van der Waals surface area contributed by atoms with Crippen LogP contribution in [0.1, 0.15) is 25.7 Å². The summed E-state index contributed by atoms with van der Waals surface area (Å²) in [6.45, 7) is 8.06. The van der Waals surface area contributed by atoms with Crippen LogP contribution < -0.4 is 30.3 Å². The van der Waals surface area contributed by atoms with E-state index in [2.05, 4.69) is 42.5 Å². The molecule has 0 bridgehead atoms. The van der Waals surface area contributed by atoms with Crippen LogP contribution in [0.25, 0.3) is 0 Å². The normalized spacial score (nSPS) is 16.7. The summed E-state index contributed by atoms with van der Waals surface area (Å²) in [6.07, 6.45) is 6.60. The highest BCUT2D eigenvalue weighted by Gasteiger charge is 2.27. The summed E-state index contributed by atoms with van der Waals surface area (Å²) in [4.78, 5) is 14.1. The zero-order valence-electron chi connectivity index (χ0n) is 23.6. The monoisotopic (exact) mass is 584 g/mol. The lowest BCUT2D eigenvalue weighted by atomic mass is 10.0. The van der Waals surface area contributed by atoms with Gasteiger partial charge in [0.05, 0.1) is 31.8 Å². The zero-order valence-corrected chi connectivity index (χ0v) is 25.3. The third-order valence-corrected chi connectivity index (χ3v) is 9.52. The van der Waals surface area contributed by atoms with Crippen molar-refractivity contribution in [3.8, 4) is 11.5 Å². The number of likely N-dealkylation sites (tertiary alicyclic amines) is 1. The van der Waals surface area contributed by atoms with Gasteiger partial charge in [-0.1, -0.05) is 11.6 Å². The molecule has 0 unspecified atom stereocenters. The molecule has 40 heavy (non-hydrogen) atoms. The van der Waals surface area contributed by atoms with Gasteiger partial charge in [0, 0.05) is 36.2 Å². The second-order valence-electron chi connectivity index (χ2n) is 10.7. The molecule has 2 aromatic carbocycles. The molecule has 1 aromatic heterocycles. The minimum atomic E-state index is -2.43. The zero-order chi connectivity index (χ0) is 28.3. The lowest BCUT2D eigenvalue weighted by molar-refractivity contribution is 0.208. The van der Waals surface area contributed by atoms with Crippen molar-refractivity contribution in [2.24, 2.45) is 0 Å². The van der Waals surface area contributed by atoms with Crippen LogP contribution in [0.3, 0.4) is 0 Å². The fourth-order valence-corrected chi connectivity index (χ4v) is 6.46. The molecule has 0 amide bonds. The Kier molecular flexibility index (Phi) is 8.74. The summed E-state index contributed by atoms with van der Waals surface area (Å²) in [6, 6.07) is 12.3. The van der Waals surface area contributed by atoms with E-state index in [4.69, 9.17) is 21.1 Å². The smallest absolute Gasteiger partial charge is 0.229 e. The Bertz CT molecular complexity index is 1390. The van der Waals surface area contributed by atoms with E-state index in [1.807, 2.05) is 18.2 Å². The van der Waals surface area contributed by atoms with Crippen LogP contribution >= 0.6 is 18.7 Å². The van der Waals surface area contributed by atoms with Crippen LogP contribution in [0, 0.1) is 0 Å². The summed E-state index contributed by atoms with van der Waals surface area (Å²) < 4.78 is 23.8. The topological polar surface area (TPSA) is 91.9 Å². The molecule has 3 aromatic rings. The molecule has 5 rings (SSSR count). The summed E-state index contributed by atoms with van der Waals surface area (Å²) in [5, 5.41) is 7.58. The maximum atomic E-state index is 12.5. The molecule has 2 fully saturated rings. The van der Waals surface area contributed by atoms with Gasteiger partial charge < -0.3 is 34.5 Å². The van der Waals surface area contributed by atoms with Crippen LogP contribution in [-0.4, -0.2) is 74.6 Å². The van der Waals surface area contributed by atoms with Gasteiger partial charge in [-0.25, -0.2) is 4.98 Å². The second-order valence-corrected chi connectivity index (χ2v) is 14.3. The van der Waals surface area contributed by atoms with Crippen LogP contribution in [0.4, 0.5) is 28.8 Å². The summed E-state index contributed by atoms with van der Waals surface area (Å²) in [5.41, 5.74) is 2.57. The van der Waals surface area contributed by atoms with Crippen molar-refractivity contribution in [2.45, 2.75) is 31.7 Å². The summed E-state index contributed by atoms with van der Waals surface area (Å²) in [5.74, 6) is 2.05. The quantitative estimate of drug-likeness (QED) is 0.296. The molecule has 0 radical (unpaired) electrons. The number of methoxy groups -OCH3 is 2. The molecule has 0 saturated carbocycles. The fraction of sp³-hybridized carbons (Fsp3) is 0.448. The molecular weight excluding hydrogens is 547 g/mol. The largest absolute Gasteiger partial charge is 0.495 e. The number of aromatic nitrogens is 2. The minimum Gasteiger partial charge on any atom is -0.495 e. The van der Waals surface area contributed by atoms with Gasteiger partial charge in [0.15, 0.2) is 5.82 Å². The Hall–Kier alpha value is -3.00. The van der Waals surface area contributed by atoms with E-state index >= 15 is 0 Å². The molecular formula is C29H38ClN6O3P. The Balaban J connectivity index is 1.29. The first kappa shape index (κ1) is 28.5. The van der Waals surface area contributed by atoms with Crippen LogP contribution in [-0.2, 0) is 4.57 Å². The van der Waals surface area contributed by atoms with Crippen molar-refractivity contribution in [2.75, 3.05) is 69.3 Å². The SMILES string of the molecule is COc1cc(N2CCC(N3CCCC3)CC2)ccc1Nc1ncc(Cl)c(Nc2ccc(P(C)(C)=O)cc2OC)n1. The number of piperidine rings is 1. The van der Waals surface area contributed by atoms with E-state index in [1.54, 1.807) is 33.6 Å². The van der Waals surface area contributed by atoms with Crippen LogP contribution in [0.5, 0.6) is 11.5 Å². The number of hydrogen-bond acceptors (Lipinski definition) is 9. The third kappa shape index (κ3) is 6.48. The molecule has 0 atom stereocenters. The molecule has 3 heterocycles. The lowest BCUT2D eigenvalue weighted by Crippen LogP contribution is -2.43. The molecule has 214 valence electrons. The van der Waals surface area contributed by atoms with Gasteiger partial charge in [-0.15, -0.1) is 0 Å². The van der Waals surface area contributed by atoms with Gasteiger partial charge >= 0.3 is 0 Å². The van der Waals surface area contributed by atoms with Gasteiger partial charge in [-0.05, 0) is 82.4 Å². The highest BCUT2D eigenvalue weighted by Crippen LogP contribution is 2.39. The molecule has 9 nitrogen and oxygen atoms in total. The molecule has 2 N–H and O–H groups in total. The number of ether oxygens (including phenoxy) is 2. The summed E-state index contributed by atoms with van der Waals surface area (Å²) >= 11 is 6.43. The highest BCUT2D eigenvalue weighted by molar-refractivity contribution is 7.70. The standard InChI is InChI=1S/C29H38ClN6O3P/c1-38-26-17-21(36-15-11-20(12-16-36)35-13-5-6-14-35)7-9-25(26)33-29-31-19-23(30)28(34-29)32-24-10-8-22(40(3,4)37)18-27(24)39-2/h7-10,17-20H,5-6,11-16H2,1-4H3,(H2,31,32,33,34). The average Bonchev–Trinajstić information content (AvgIpc) is 3.50. The van der Waals surface area contributed by atoms with E-state index < -0.39 is 7.14 Å². The van der Waals surface area contributed by atoms with Crippen molar-refractivity contribution >= 4 is 52.9 Å². The third-order valence-electron chi connectivity index (χ3n) is 7.72. The van der Waals surface area contributed by atoms with Crippen molar-refractivity contribution in [1.82, 2.24) is 14.9 Å². The second kappa shape index (κ2) is 12.2. The molecule has 2 saturated heterocycles. The van der Waals surface area contributed by atoms with Crippen LogP contribution in [0.2, 0.25) is 5.02 Å². The van der Waals surface area contributed by atoms with Gasteiger partial charge in [-0.3, -0.25) is 0 Å². The van der Waals surface area contributed by atoms with E-state index in [1.165, 1.54) is 45.0 Å². The number of nitrogens with zero attached hydrogens (tertiary/aromatic N) is 4. The number of halogens is 1. The molecule has 0 spiro atoms. The van der Waals surface area contributed by atoms with E-state index in [9.17, 15) is 4.57 Å². The van der Waals surface area contributed by atoms with Crippen molar-refractivity contribution < 1.29 is 14.0 Å². The Morgan fingerprint density at radius 3 is 2.25 bits per heavy atom. The summed E-state index contributed by atoms with van der Waals surface area (Å²) in [7, 11) is 0.807. The lowest BCUT2D eigenvalue weighted by Gasteiger charge is -2.38. The number of hydrogen-bond donors (Lipinski definition) is 2. The number of rotatable bonds is 9. The molecule has 0 aliphatic carbocycles. The Morgan fingerprint density at radius 1 is 0.925 bits per heavy atom. The predicted molar refractivity (Wildman–Crippen MR) is 165 cm³/mol. The number of anilines is 5. The Labute approximate surface area is 241 Å². The van der Waals surface area contributed by atoms with Crippen molar-refractivity contribution in [1.29, 1.82) is 0 Å². The van der Waals surface area contributed by atoms with E-state index in [-0.39, 0.29) is 0 Å². The molecule has 2 aliphatic rings. The van der Waals surface area contributed by atoms with Gasteiger partial charge in [0.2, 0.25) is 5.95 Å². The Morgan fingerprint density at radius 2 is 1.57 bits per heavy atom. The maximum Gasteiger partial charge on any atom is 0.229 e. The predicted octanol–water partition coefficient (Wildman–Crippen LogP) is 5.95. The first-order chi connectivity index (χ1) is 19.2. The maximum absolute atomic E-state index is 12.5. The number of nitrogens with one attached hydrogen (secondary N) is 2. The molecule has 11 heteroatoms. The van der Waals surface area contributed by atoms with Gasteiger partial charge in [-0.2, -0.15) is 4.98 Å². The van der Waals surface area contributed by atoms with Crippen LogP contribution in [0.15, 0.2) is 42.6 Å². The first-order valence-electron chi connectivity index (χ1n) is 13.7.